The van der Waals surface area contributed by atoms with Gasteiger partial charge in [0, 0.05) is 17.8 Å². The molecular formula is C9H16ClN3O2S. The van der Waals surface area contributed by atoms with Gasteiger partial charge in [-0.25, -0.2) is 18.1 Å². The third-order valence-corrected chi connectivity index (χ3v) is 4.25. The summed E-state index contributed by atoms with van der Waals surface area (Å²) in [4.78, 5) is 6.69. The lowest BCUT2D eigenvalue weighted by atomic mass is 10.1. The molecule has 0 fully saturated rings. The van der Waals surface area contributed by atoms with E-state index in [2.05, 4.69) is 14.7 Å². The SMILES string of the molecule is CCc1ncc(S(=O)(=O)NC(C)(C)CCl)[nH]1. The van der Waals surface area contributed by atoms with Gasteiger partial charge in [0.1, 0.15) is 5.82 Å². The van der Waals surface area contributed by atoms with E-state index in [1.165, 1.54) is 6.20 Å². The van der Waals surface area contributed by atoms with E-state index in [9.17, 15) is 8.42 Å². The van der Waals surface area contributed by atoms with Gasteiger partial charge in [-0.05, 0) is 13.8 Å². The molecule has 1 heterocycles. The van der Waals surface area contributed by atoms with Gasteiger partial charge < -0.3 is 4.98 Å². The molecule has 0 saturated heterocycles. The normalized spacial score (nSPS) is 13.0. The first-order valence-corrected chi connectivity index (χ1v) is 6.96. The number of hydrogen-bond donors (Lipinski definition) is 2. The molecule has 0 spiro atoms. The molecular weight excluding hydrogens is 250 g/mol. The Balaban J connectivity index is 2.94. The van der Waals surface area contributed by atoms with Crippen molar-refractivity contribution in [2.75, 3.05) is 5.88 Å². The van der Waals surface area contributed by atoms with Gasteiger partial charge in [0.05, 0.1) is 6.20 Å². The summed E-state index contributed by atoms with van der Waals surface area (Å²) in [5.41, 5.74) is -0.683. The highest BCUT2D eigenvalue weighted by Gasteiger charge is 2.26. The maximum Gasteiger partial charge on any atom is 0.258 e. The number of aromatic amines is 1. The van der Waals surface area contributed by atoms with Gasteiger partial charge in [-0.15, -0.1) is 11.6 Å². The molecule has 2 N–H and O–H groups in total. The van der Waals surface area contributed by atoms with Crippen molar-refractivity contribution in [2.24, 2.45) is 0 Å². The Kier molecular flexibility index (Phi) is 3.98. The van der Waals surface area contributed by atoms with Gasteiger partial charge in [0.15, 0.2) is 5.03 Å². The fraction of sp³-hybridized carbons (Fsp3) is 0.667. The summed E-state index contributed by atoms with van der Waals surface area (Å²) in [6.45, 7) is 5.33. The van der Waals surface area contributed by atoms with Crippen molar-refractivity contribution in [2.45, 2.75) is 37.8 Å². The smallest absolute Gasteiger partial charge is 0.258 e. The highest BCUT2D eigenvalue weighted by atomic mass is 35.5. The average Bonchev–Trinajstić information content (AvgIpc) is 2.65. The number of aromatic nitrogens is 2. The number of alkyl halides is 1. The fourth-order valence-electron chi connectivity index (χ4n) is 1.11. The Hall–Kier alpha value is -0.590. The van der Waals surface area contributed by atoms with Gasteiger partial charge in [0.2, 0.25) is 0 Å². The van der Waals surface area contributed by atoms with Crippen LogP contribution in [0.3, 0.4) is 0 Å². The van der Waals surface area contributed by atoms with Crippen molar-refractivity contribution in [1.29, 1.82) is 0 Å². The minimum Gasteiger partial charge on any atom is -0.332 e. The maximum absolute atomic E-state index is 11.9. The third kappa shape index (κ3) is 3.20. The minimum atomic E-state index is -3.57. The lowest BCUT2D eigenvalue weighted by molar-refractivity contribution is 0.494. The predicted octanol–water partition coefficient (Wildman–Crippen LogP) is 1.27. The molecule has 0 amide bonds. The summed E-state index contributed by atoms with van der Waals surface area (Å²) in [6.07, 6.45) is 1.97. The largest absolute Gasteiger partial charge is 0.332 e. The molecule has 0 unspecified atom stereocenters. The van der Waals surface area contributed by atoms with E-state index in [0.717, 1.165) is 0 Å². The van der Waals surface area contributed by atoms with Crippen molar-refractivity contribution >= 4 is 21.6 Å². The molecule has 7 heteroatoms. The molecule has 0 aromatic carbocycles. The van der Waals surface area contributed by atoms with E-state index in [4.69, 9.17) is 11.6 Å². The molecule has 0 bridgehead atoms. The number of aryl methyl sites for hydroxylation is 1. The first-order valence-electron chi connectivity index (χ1n) is 4.94. The first-order chi connectivity index (χ1) is 7.30. The number of hydrogen-bond acceptors (Lipinski definition) is 3. The van der Waals surface area contributed by atoms with Crippen molar-refractivity contribution in [1.82, 2.24) is 14.7 Å². The highest BCUT2D eigenvalue weighted by molar-refractivity contribution is 7.89. The first kappa shape index (κ1) is 13.5. The lowest BCUT2D eigenvalue weighted by Gasteiger charge is -2.22. The zero-order valence-electron chi connectivity index (χ0n) is 9.54. The van der Waals surface area contributed by atoms with E-state index >= 15 is 0 Å². The standard InChI is InChI=1S/C9H16ClN3O2S/c1-4-7-11-5-8(12-7)16(14,15)13-9(2,3)6-10/h5,13H,4,6H2,1-3H3,(H,11,12). The van der Waals surface area contributed by atoms with E-state index in [1.807, 2.05) is 6.92 Å². The van der Waals surface area contributed by atoms with E-state index in [-0.39, 0.29) is 10.9 Å². The van der Waals surface area contributed by atoms with Crippen LogP contribution in [0.25, 0.3) is 0 Å². The van der Waals surface area contributed by atoms with Crippen molar-refractivity contribution in [3.63, 3.8) is 0 Å². The molecule has 1 aromatic rings. The lowest BCUT2D eigenvalue weighted by Crippen LogP contribution is -2.44. The number of nitrogens with zero attached hydrogens (tertiary/aromatic N) is 1. The van der Waals surface area contributed by atoms with E-state index in [0.29, 0.717) is 12.2 Å². The Bertz CT molecular complexity index is 453. The number of imidazole rings is 1. The summed E-state index contributed by atoms with van der Waals surface area (Å²) < 4.78 is 26.3. The number of H-pyrrole nitrogens is 1. The van der Waals surface area contributed by atoms with E-state index < -0.39 is 15.6 Å². The molecule has 1 rings (SSSR count). The Labute approximate surface area is 101 Å². The molecule has 0 aliphatic rings. The summed E-state index contributed by atoms with van der Waals surface area (Å²) >= 11 is 5.67. The summed E-state index contributed by atoms with van der Waals surface area (Å²) in [5.74, 6) is 0.838. The van der Waals surface area contributed by atoms with Crippen LogP contribution in [0.15, 0.2) is 11.2 Å². The molecule has 5 nitrogen and oxygen atoms in total. The van der Waals surface area contributed by atoms with Crippen LogP contribution in [0, 0.1) is 0 Å². The predicted molar refractivity (Wildman–Crippen MR) is 63.1 cm³/mol. The fourth-order valence-corrected chi connectivity index (χ4v) is 2.60. The summed E-state index contributed by atoms with van der Waals surface area (Å²) in [7, 11) is -3.57. The monoisotopic (exact) mass is 265 g/mol. The van der Waals surface area contributed by atoms with Crippen LogP contribution in [0.2, 0.25) is 0 Å². The molecule has 92 valence electrons. The zero-order chi connectivity index (χ0) is 12.4. The molecule has 0 aliphatic heterocycles. The molecule has 0 saturated carbocycles. The molecule has 0 radical (unpaired) electrons. The second-order valence-corrected chi connectivity index (χ2v) is 6.09. The van der Waals surface area contributed by atoms with Crippen LogP contribution in [0.1, 0.15) is 26.6 Å². The van der Waals surface area contributed by atoms with Crippen LogP contribution < -0.4 is 4.72 Å². The second-order valence-electron chi connectivity index (χ2n) is 4.17. The van der Waals surface area contributed by atoms with Gasteiger partial charge >= 0.3 is 0 Å². The summed E-state index contributed by atoms with van der Waals surface area (Å²) in [6, 6.07) is 0. The van der Waals surface area contributed by atoms with Crippen molar-refractivity contribution in [3.8, 4) is 0 Å². The Morgan fingerprint density at radius 3 is 2.62 bits per heavy atom. The average molecular weight is 266 g/mol. The number of sulfonamides is 1. The third-order valence-electron chi connectivity index (χ3n) is 1.97. The van der Waals surface area contributed by atoms with Crippen LogP contribution in [-0.4, -0.2) is 29.8 Å². The van der Waals surface area contributed by atoms with Crippen LogP contribution in [0.4, 0.5) is 0 Å². The summed E-state index contributed by atoms with van der Waals surface area (Å²) in [5, 5.41) is 0.0718. The number of nitrogens with one attached hydrogen (secondary N) is 2. The minimum absolute atomic E-state index is 0.0718. The van der Waals surface area contributed by atoms with E-state index in [1.54, 1.807) is 13.8 Å². The number of halogens is 1. The second kappa shape index (κ2) is 4.73. The number of rotatable bonds is 5. The molecule has 0 atom stereocenters. The molecule has 16 heavy (non-hydrogen) atoms. The van der Waals surface area contributed by atoms with Gasteiger partial charge in [-0.3, -0.25) is 0 Å². The van der Waals surface area contributed by atoms with Crippen LogP contribution in [-0.2, 0) is 16.4 Å². The molecule has 0 aliphatic carbocycles. The van der Waals surface area contributed by atoms with Gasteiger partial charge in [-0.1, -0.05) is 6.92 Å². The van der Waals surface area contributed by atoms with Crippen molar-refractivity contribution in [3.05, 3.63) is 12.0 Å². The Morgan fingerprint density at radius 1 is 1.56 bits per heavy atom. The highest BCUT2D eigenvalue weighted by Crippen LogP contribution is 2.12. The van der Waals surface area contributed by atoms with Gasteiger partial charge in [-0.2, -0.15) is 0 Å². The maximum atomic E-state index is 11.9. The Morgan fingerprint density at radius 2 is 2.19 bits per heavy atom. The molecule has 1 aromatic heterocycles. The van der Waals surface area contributed by atoms with Gasteiger partial charge in [0.25, 0.3) is 10.0 Å². The van der Waals surface area contributed by atoms with Crippen LogP contribution in [0.5, 0.6) is 0 Å². The topological polar surface area (TPSA) is 74.8 Å². The zero-order valence-corrected chi connectivity index (χ0v) is 11.1. The quantitative estimate of drug-likeness (QED) is 0.788. The van der Waals surface area contributed by atoms with Crippen LogP contribution >= 0.6 is 11.6 Å². The van der Waals surface area contributed by atoms with Crippen molar-refractivity contribution < 1.29 is 8.42 Å².